The number of anilines is 1. The maximum atomic E-state index is 12.9. The minimum absolute atomic E-state index is 0.103. The molecule has 0 aliphatic carbocycles. The van der Waals surface area contributed by atoms with Crippen LogP contribution < -0.4 is 5.32 Å². The molecule has 0 atom stereocenters. The third kappa shape index (κ3) is 3.28. The number of benzene rings is 1. The van der Waals surface area contributed by atoms with Crippen LogP contribution in [0.2, 0.25) is 10.2 Å². The van der Waals surface area contributed by atoms with Crippen molar-refractivity contribution in [2.24, 2.45) is 0 Å². The van der Waals surface area contributed by atoms with Crippen LogP contribution >= 0.6 is 23.2 Å². The molecule has 0 saturated carbocycles. The van der Waals surface area contributed by atoms with Gasteiger partial charge in [-0.3, -0.25) is 0 Å². The summed E-state index contributed by atoms with van der Waals surface area (Å²) in [5.74, 6) is 0.163. The lowest BCUT2D eigenvalue weighted by Crippen LogP contribution is -2.02. The first kappa shape index (κ1) is 12.1. The molecule has 3 nitrogen and oxygen atoms in total. The zero-order valence-corrected chi connectivity index (χ0v) is 10.1. The lowest BCUT2D eigenvalue weighted by Gasteiger charge is -2.05. The highest BCUT2D eigenvalue weighted by Crippen LogP contribution is 2.16. The number of halogens is 3. The molecule has 1 aromatic heterocycles. The molecule has 0 spiro atoms. The van der Waals surface area contributed by atoms with Crippen LogP contribution in [0.4, 0.5) is 10.2 Å². The lowest BCUT2D eigenvalue weighted by molar-refractivity contribution is 0.627. The lowest BCUT2D eigenvalue weighted by atomic mass is 10.2. The molecular formula is C11H8Cl2FN3. The van der Waals surface area contributed by atoms with E-state index in [0.717, 1.165) is 5.56 Å². The van der Waals surface area contributed by atoms with Crippen molar-refractivity contribution in [3.8, 4) is 0 Å². The molecule has 0 aliphatic rings. The fraction of sp³-hybridized carbons (Fsp3) is 0.0909. The molecule has 1 N–H and O–H groups in total. The molecule has 1 heterocycles. The van der Waals surface area contributed by atoms with Crippen LogP contribution in [0, 0.1) is 5.82 Å². The molecule has 0 unspecified atom stereocenters. The van der Waals surface area contributed by atoms with Crippen LogP contribution in [-0.4, -0.2) is 10.2 Å². The summed E-state index contributed by atoms with van der Waals surface area (Å²) in [7, 11) is 0. The maximum Gasteiger partial charge on any atom is 0.151 e. The summed E-state index contributed by atoms with van der Waals surface area (Å²) in [6.07, 6.45) is 0. The van der Waals surface area contributed by atoms with Gasteiger partial charge >= 0.3 is 0 Å². The Labute approximate surface area is 108 Å². The van der Waals surface area contributed by atoms with E-state index in [-0.39, 0.29) is 5.02 Å². The number of rotatable bonds is 3. The van der Waals surface area contributed by atoms with E-state index in [1.165, 1.54) is 6.07 Å². The fourth-order valence-electron chi connectivity index (χ4n) is 1.25. The molecule has 17 heavy (non-hydrogen) atoms. The van der Waals surface area contributed by atoms with E-state index in [1.807, 2.05) is 0 Å². The van der Waals surface area contributed by atoms with Gasteiger partial charge in [0.1, 0.15) is 11.6 Å². The molecule has 0 amide bonds. The van der Waals surface area contributed by atoms with Gasteiger partial charge in [0.05, 0.1) is 5.02 Å². The minimum atomic E-state index is -0.429. The van der Waals surface area contributed by atoms with E-state index < -0.39 is 5.82 Å². The summed E-state index contributed by atoms with van der Waals surface area (Å²) in [6, 6.07) is 7.88. The van der Waals surface area contributed by atoms with Gasteiger partial charge in [-0.25, -0.2) is 4.39 Å². The van der Waals surface area contributed by atoms with Gasteiger partial charge in [0, 0.05) is 6.54 Å². The normalized spacial score (nSPS) is 10.3. The Bertz CT molecular complexity index is 517. The van der Waals surface area contributed by atoms with Gasteiger partial charge in [-0.1, -0.05) is 29.3 Å². The highest BCUT2D eigenvalue weighted by atomic mass is 35.5. The van der Waals surface area contributed by atoms with Crippen molar-refractivity contribution in [2.45, 2.75) is 6.54 Å². The second kappa shape index (κ2) is 5.29. The smallest absolute Gasteiger partial charge is 0.151 e. The van der Waals surface area contributed by atoms with Crippen molar-refractivity contribution in [1.82, 2.24) is 10.2 Å². The third-order valence-electron chi connectivity index (χ3n) is 2.09. The zero-order chi connectivity index (χ0) is 12.3. The molecule has 88 valence electrons. The topological polar surface area (TPSA) is 37.8 Å². The third-order valence-corrected chi connectivity index (χ3v) is 2.58. The van der Waals surface area contributed by atoms with E-state index >= 15 is 0 Å². The monoisotopic (exact) mass is 271 g/mol. The summed E-state index contributed by atoms with van der Waals surface area (Å²) in [6.45, 7) is 0.482. The van der Waals surface area contributed by atoms with Gasteiger partial charge in [0.15, 0.2) is 5.15 Å². The average molecular weight is 272 g/mol. The van der Waals surface area contributed by atoms with Crippen molar-refractivity contribution in [3.05, 3.63) is 51.9 Å². The van der Waals surface area contributed by atoms with Crippen LogP contribution in [0.3, 0.4) is 0 Å². The van der Waals surface area contributed by atoms with Gasteiger partial charge in [0.2, 0.25) is 0 Å². The number of hydrogen-bond acceptors (Lipinski definition) is 3. The number of aromatic nitrogens is 2. The molecule has 0 saturated heterocycles. The molecule has 6 heteroatoms. The molecule has 0 fully saturated rings. The Morgan fingerprint density at radius 1 is 1.12 bits per heavy atom. The predicted octanol–water partition coefficient (Wildman–Crippen LogP) is 3.53. The van der Waals surface area contributed by atoms with Crippen LogP contribution in [-0.2, 0) is 6.54 Å². The molecule has 0 bridgehead atoms. The Hall–Kier alpha value is -1.39. The van der Waals surface area contributed by atoms with E-state index in [0.29, 0.717) is 17.5 Å². The van der Waals surface area contributed by atoms with E-state index in [9.17, 15) is 4.39 Å². The van der Waals surface area contributed by atoms with Gasteiger partial charge in [-0.05, 0) is 29.8 Å². The van der Waals surface area contributed by atoms with Crippen LogP contribution in [0.5, 0.6) is 0 Å². The quantitative estimate of drug-likeness (QED) is 0.928. The maximum absolute atomic E-state index is 12.9. The minimum Gasteiger partial charge on any atom is -0.365 e. The first-order valence-electron chi connectivity index (χ1n) is 4.82. The average Bonchev–Trinajstić information content (AvgIpc) is 2.33. The van der Waals surface area contributed by atoms with Crippen LogP contribution in [0.1, 0.15) is 5.56 Å². The predicted molar refractivity (Wildman–Crippen MR) is 65.8 cm³/mol. The molecule has 1 aromatic carbocycles. The summed E-state index contributed by atoms with van der Waals surface area (Å²) >= 11 is 11.3. The molecule has 2 aromatic rings. The SMILES string of the molecule is Fc1ccc(CNc2ccc(Cl)nn2)cc1Cl. The largest absolute Gasteiger partial charge is 0.365 e. The summed E-state index contributed by atoms with van der Waals surface area (Å²) in [4.78, 5) is 0. The molecule has 2 rings (SSSR count). The standard InChI is InChI=1S/C11H8Cl2FN3/c12-8-5-7(1-2-9(8)14)6-15-11-4-3-10(13)16-17-11/h1-5H,6H2,(H,15,17). The van der Waals surface area contributed by atoms with Crippen molar-refractivity contribution in [3.63, 3.8) is 0 Å². The fourth-order valence-corrected chi connectivity index (χ4v) is 1.56. The Morgan fingerprint density at radius 3 is 2.59 bits per heavy atom. The van der Waals surface area contributed by atoms with E-state index in [2.05, 4.69) is 15.5 Å². The molecule has 0 radical (unpaired) electrons. The number of hydrogen-bond donors (Lipinski definition) is 1. The summed E-state index contributed by atoms with van der Waals surface area (Å²) < 4.78 is 12.9. The number of nitrogens with zero attached hydrogens (tertiary/aromatic N) is 2. The summed E-state index contributed by atoms with van der Waals surface area (Å²) in [5.41, 5.74) is 0.855. The Kier molecular flexibility index (Phi) is 3.76. The highest BCUT2D eigenvalue weighted by Gasteiger charge is 2.01. The summed E-state index contributed by atoms with van der Waals surface area (Å²) in [5, 5.41) is 11.0. The molecule has 0 aliphatic heterocycles. The van der Waals surface area contributed by atoms with Crippen molar-refractivity contribution < 1.29 is 4.39 Å². The van der Waals surface area contributed by atoms with Gasteiger partial charge in [-0.15, -0.1) is 10.2 Å². The first-order chi connectivity index (χ1) is 8.15. The second-order valence-corrected chi connectivity index (χ2v) is 4.14. The van der Waals surface area contributed by atoms with Crippen LogP contribution in [0.25, 0.3) is 0 Å². The van der Waals surface area contributed by atoms with Gasteiger partial charge < -0.3 is 5.32 Å². The zero-order valence-electron chi connectivity index (χ0n) is 8.62. The highest BCUT2D eigenvalue weighted by molar-refractivity contribution is 6.30. The van der Waals surface area contributed by atoms with Crippen molar-refractivity contribution >= 4 is 29.0 Å². The Balaban J connectivity index is 2.02. The van der Waals surface area contributed by atoms with Crippen molar-refractivity contribution in [2.75, 3.05) is 5.32 Å². The van der Waals surface area contributed by atoms with Crippen molar-refractivity contribution in [1.29, 1.82) is 0 Å². The first-order valence-corrected chi connectivity index (χ1v) is 5.58. The van der Waals surface area contributed by atoms with E-state index in [1.54, 1.807) is 24.3 Å². The number of nitrogens with one attached hydrogen (secondary N) is 1. The molecular weight excluding hydrogens is 264 g/mol. The van der Waals surface area contributed by atoms with Gasteiger partial charge in [-0.2, -0.15) is 0 Å². The van der Waals surface area contributed by atoms with Crippen LogP contribution in [0.15, 0.2) is 30.3 Å². The van der Waals surface area contributed by atoms with Gasteiger partial charge in [0.25, 0.3) is 0 Å². The van der Waals surface area contributed by atoms with E-state index in [4.69, 9.17) is 23.2 Å². The second-order valence-electron chi connectivity index (χ2n) is 3.34. The Morgan fingerprint density at radius 2 is 1.94 bits per heavy atom.